The van der Waals surface area contributed by atoms with Gasteiger partial charge < -0.3 is 15.0 Å². The molecule has 2 aliphatic heterocycles. The number of halogens is 2. The van der Waals surface area contributed by atoms with E-state index in [4.69, 9.17) is 4.74 Å². The van der Waals surface area contributed by atoms with Gasteiger partial charge in [-0.05, 0) is 50.8 Å². The first-order valence-electron chi connectivity index (χ1n) is 10.5. The molecule has 1 fully saturated rings. The summed E-state index contributed by atoms with van der Waals surface area (Å²) >= 11 is 1.47. The quantitative estimate of drug-likeness (QED) is 0.606. The van der Waals surface area contributed by atoms with Crippen molar-refractivity contribution in [1.82, 2.24) is 4.98 Å². The zero-order valence-corrected chi connectivity index (χ0v) is 19.1. The molecular weight excluding hydrogens is 434 g/mol. The minimum Gasteiger partial charge on any atom is -0.480 e. The number of amides is 1. The van der Waals surface area contributed by atoms with Gasteiger partial charge in [-0.2, -0.15) is 0 Å². The average Bonchev–Trinajstić information content (AvgIpc) is 2.92. The van der Waals surface area contributed by atoms with Gasteiger partial charge in [0.2, 0.25) is 5.92 Å². The third-order valence-electron chi connectivity index (χ3n) is 5.47. The van der Waals surface area contributed by atoms with E-state index in [1.54, 1.807) is 36.7 Å². The molecule has 6 nitrogen and oxygen atoms in total. The van der Waals surface area contributed by atoms with E-state index in [0.717, 1.165) is 5.03 Å². The van der Waals surface area contributed by atoms with Crippen molar-refractivity contribution < 1.29 is 18.3 Å². The van der Waals surface area contributed by atoms with Crippen LogP contribution < -0.4 is 15.0 Å². The normalized spacial score (nSPS) is 19.0. The van der Waals surface area contributed by atoms with Gasteiger partial charge in [-0.3, -0.25) is 9.79 Å². The van der Waals surface area contributed by atoms with Crippen LogP contribution in [0.15, 0.2) is 40.5 Å². The molecule has 1 N–H and O–H groups in total. The molecule has 2 aliphatic rings. The van der Waals surface area contributed by atoms with Crippen molar-refractivity contribution >= 4 is 40.9 Å². The highest BCUT2D eigenvalue weighted by Gasteiger charge is 2.33. The van der Waals surface area contributed by atoms with E-state index < -0.39 is 11.5 Å². The van der Waals surface area contributed by atoms with Gasteiger partial charge in [-0.1, -0.05) is 0 Å². The third-order valence-corrected chi connectivity index (χ3v) is 6.11. The Labute approximate surface area is 190 Å². The summed E-state index contributed by atoms with van der Waals surface area (Å²) in [7, 11) is 0. The maximum atomic E-state index is 14.0. The molecule has 2 aromatic rings. The first kappa shape index (κ1) is 22.5. The number of ether oxygens (including phenoxy) is 1. The molecule has 1 saturated heterocycles. The molecule has 1 aromatic heterocycles. The lowest BCUT2D eigenvalue weighted by Gasteiger charge is -2.30. The van der Waals surface area contributed by atoms with Crippen LogP contribution in [0.5, 0.6) is 5.75 Å². The Hall–Kier alpha value is -2.68. The van der Waals surface area contributed by atoms with Crippen LogP contribution in [-0.2, 0) is 0 Å². The summed E-state index contributed by atoms with van der Waals surface area (Å²) in [4.78, 5) is 23.9. The van der Waals surface area contributed by atoms with Crippen LogP contribution in [0.4, 0.5) is 25.8 Å². The van der Waals surface area contributed by atoms with Gasteiger partial charge in [-0.25, -0.2) is 13.8 Å². The van der Waals surface area contributed by atoms with Gasteiger partial charge in [0.15, 0.2) is 0 Å². The maximum absolute atomic E-state index is 14.0. The van der Waals surface area contributed by atoms with E-state index in [1.165, 1.54) is 11.8 Å². The van der Waals surface area contributed by atoms with Gasteiger partial charge in [0.25, 0.3) is 5.91 Å². The molecule has 0 unspecified atom stereocenters. The molecule has 1 aromatic carbocycles. The first-order valence-corrected chi connectivity index (χ1v) is 11.7. The lowest BCUT2D eigenvalue weighted by molar-refractivity contribution is -0.0102. The van der Waals surface area contributed by atoms with E-state index >= 15 is 0 Å². The number of hydrogen-bond acceptors (Lipinski definition) is 6. The Morgan fingerprint density at radius 2 is 2.03 bits per heavy atom. The van der Waals surface area contributed by atoms with Crippen molar-refractivity contribution in [3.8, 4) is 5.75 Å². The fourth-order valence-electron chi connectivity index (χ4n) is 3.82. The molecule has 0 atom stereocenters. The lowest BCUT2D eigenvalue weighted by atomic mass is 10.1. The number of benzene rings is 1. The molecule has 170 valence electrons. The lowest BCUT2D eigenvalue weighted by Crippen LogP contribution is -2.32. The summed E-state index contributed by atoms with van der Waals surface area (Å²) in [5.41, 5.74) is 1.54. The first-order chi connectivity index (χ1) is 15.2. The zero-order chi connectivity index (χ0) is 22.9. The Morgan fingerprint density at radius 1 is 1.22 bits per heavy atom. The number of alkyl halides is 2. The number of rotatable bonds is 4. The van der Waals surface area contributed by atoms with Gasteiger partial charge in [0, 0.05) is 44.0 Å². The SMILES string of the molecule is CSc1cc(NC(=O)c2cc3c(cc2N2CCCC(F)(F)CC2)N=CC(C)(C)O3)ccn1. The molecule has 0 spiro atoms. The van der Waals surface area contributed by atoms with Crippen LogP contribution in [0, 0.1) is 0 Å². The molecule has 0 aliphatic carbocycles. The Kier molecular flexibility index (Phi) is 6.11. The second-order valence-corrected chi connectivity index (χ2v) is 9.36. The van der Waals surface area contributed by atoms with Gasteiger partial charge in [0.05, 0.1) is 16.3 Å². The van der Waals surface area contributed by atoms with Crippen LogP contribution in [0.1, 0.15) is 43.5 Å². The molecule has 0 radical (unpaired) electrons. The molecule has 4 rings (SSSR count). The predicted octanol–water partition coefficient (Wildman–Crippen LogP) is 5.55. The minimum atomic E-state index is -2.69. The molecule has 0 bridgehead atoms. The second kappa shape index (κ2) is 8.69. The number of thioether (sulfide) groups is 1. The van der Waals surface area contributed by atoms with Gasteiger partial charge in [0.1, 0.15) is 17.0 Å². The highest BCUT2D eigenvalue weighted by Crippen LogP contribution is 2.41. The topological polar surface area (TPSA) is 66.8 Å². The predicted molar refractivity (Wildman–Crippen MR) is 124 cm³/mol. The summed E-state index contributed by atoms with van der Waals surface area (Å²) in [5, 5.41) is 3.69. The number of anilines is 2. The highest BCUT2D eigenvalue weighted by molar-refractivity contribution is 7.98. The fourth-order valence-corrected chi connectivity index (χ4v) is 4.23. The number of aliphatic imine (C=N–C) groups is 1. The third kappa shape index (κ3) is 5.03. The van der Waals surface area contributed by atoms with E-state index in [-0.39, 0.29) is 25.3 Å². The Morgan fingerprint density at radius 3 is 2.81 bits per heavy atom. The van der Waals surface area contributed by atoms with Gasteiger partial charge in [-0.15, -0.1) is 11.8 Å². The van der Waals surface area contributed by atoms with Crippen molar-refractivity contribution in [1.29, 1.82) is 0 Å². The smallest absolute Gasteiger partial charge is 0.257 e. The van der Waals surface area contributed by atoms with Crippen molar-refractivity contribution in [2.75, 3.05) is 29.6 Å². The summed E-state index contributed by atoms with van der Waals surface area (Å²) in [6, 6.07) is 6.93. The van der Waals surface area contributed by atoms with Crippen LogP contribution in [0.25, 0.3) is 0 Å². The van der Waals surface area contributed by atoms with Crippen molar-refractivity contribution in [3.05, 3.63) is 36.0 Å². The standard InChI is InChI=1S/C23H26F2N4O2S/c1-22(2)14-27-17-13-18(29-9-4-6-23(24,25)7-10-29)16(12-19(17)31-22)21(30)28-15-5-8-26-20(11-15)32-3/h5,8,11-14H,4,6-7,9-10H2,1-3H3,(H,26,28,30). The van der Waals surface area contributed by atoms with Crippen molar-refractivity contribution in [2.45, 2.75) is 49.7 Å². The van der Waals surface area contributed by atoms with Crippen LogP contribution >= 0.6 is 11.8 Å². The van der Waals surface area contributed by atoms with Crippen molar-refractivity contribution in [3.63, 3.8) is 0 Å². The van der Waals surface area contributed by atoms with Crippen LogP contribution in [0.3, 0.4) is 0 Å². The molecule has 3 heterocycles. The maximum Gasteiger partial charge on any atom is 0.257 e. The van der Waals surface area contributed by atoms with E-state index in [9.17, 15) is 13.6 Å². The fraction of sp³-hybridized carbons (Fsp3) is 0.435. The summed E-state index contributed by atoms with van der Waals surface area (Å²) < 4.78 is 34.0. The number of pyridine rings is 1. The van der Waals surface area contributed by atoms with E-state index in [1.807, 2.05) is 25.0 Å². The minimum absolute atomic E-state index is 0.153. The van der Waals surface area contributed by atoms with Crippen molar-refractivity contribution in [2.24, 2.45) is 4.99 Å². The molecule has 0 saturated carbocycles. The number of fused-ring (bicyclic) bond motifs is 1. The summed E-state index contributed by atoms with van der Waals surface area (Å²) in [5.74, 6) is -2.54. The number of carbonyl (C=O) groups is 1. The Bertz CT molecular complexity index is 1060. The highest BCUT2D eigenvalue weighted by atomic mass is 32.2. The Balaban J connectivity index is 1.71. The van der Waals surface area contributed by atoms with E-state index in [2.05, 4.69) is 15.3 Å². The molecular formula is C23H26F2N4O2S. The van der Waals surface area contributed by atoms with E-state index in [0.29, 0.717) is 41.3 Å². The largest absolute Gasteiger partial charge is 0.480 e. The molecule has 9 heteroatoms. The number of hydrogen-bond donors (Lipinski definition) is 1. The van der Waals surface area contributed by atoms with Crippen LogP contribution in [-0.4, -0.2) is 48.0 Å². The second-order valence-electron chi connectivity index (χ2n) is 8.54. The van der Waals surface area contributed by atoms with Crippen LogP contribution in [0.2, 0.25) is 0 Å². The molecule has 32 heavy (non-hydrogen) atoms. The number of aromatic nitrogens is 1. The molecule has 1 amide bonds. The summed E-state index contributed by atoms with van der Waals surface area (Å²) in [6.45, 7) is 4.36. The summed E-state index contributed by atoms with van der Waals surface area (Å²) in [6.07, 6.45) is 5.19. The average molecular weight is 461 g/mol. The number of carbonyl (C=O) groups excluding carboxylic acids is 1. The number of nitrogens with one attached hydrogen (secondary N) is 1. The monoisotopic (exact) mass is 460 g/mol. The van der Waals surface area contributed by atoms with Gasteiger partial charge >= 0.3 is 0 Å². The number of nitrogens with zero attached hydrogens (tertiary/aromatic N) is 3. The zero-order valence-electron chi connectivity index (χ0n) is 18.3.